The fraction of sp³-hybridized carbons (Fsp3) is 0.143. The van der Waals surface area contributed by atoms with Gasteiger partial charge in [0.2, 0.25) is 5.75 Å². The second kappa shape index (κ2) is 6.27. The third-order valence-electron chi connectivity index (χ3n) is 2.77. The van der Waals surface area contributed by atoms with Crippen LogP contribution in [0.3, 0.4) is 0 Å². The fourth-order valence-corrected chi connectivity index (χ4v) is 2.27. The Labute approximate surface area is 128 Å². The van der Waals surface area contributed by atoms with Crippen LogP contribution in [-0.4, -0.2) is 11.2 Å². The summed E-state index contributed by atoms with van der Waals surface area (Å²) in [4.78, 5) is 10.8. The predicted molar refractivity (Wildman–Crippen MR) is 76.4 cm³/mol. The second-order valence-corrected chi connectivity index (χ2v) is 5.04. The van der Waals surface area contributed by atoms with Gasteiger partial charge in [-0.1, -0.05) is 12.1 Å². The molecule has 0 bridgehead atoms. The highest BCUT2D eigenvalue weighted by Gasteiger charge is 2.33. The lowest BCUT2D eigenvalue weighted by atomic mass is 10.2. The minimum Gasteiger partial charge on any atom is -0.449 e. The summed E-state index contributed by atoms with van der Waals surface area (Å²) in [5, 5.41) is 11.0. The summed E-state index contributed by atoms with van der Waals surface area (Å²) in [6.45, 7) is 0. The third-order valence-corrected chi connectivity index (χ3v) is 3.55. The Morgan fingerprint density at radius 3 is 2.41 bits per heavy atom. The van der Waals surface area contributed by atoms with E-state index in [1.54, 1.807) is 30.5 Å². The van der Waals surface area contributed by atoms with Gasteiger partial charge in [-0.3, -0.25) is 10.1 Å². The van der Waals surface area contributed by atoms with Crippen molar-refractivity contribution in [2.45, 2.75) is 11.1 Å². The Morgan fingerprint density at radius 2 is 1.82 bits per heavy atom. The Bertz CT molecular complexity index is 704. The molecule has 0 N–H and O–H groups in total. The highest BCUT2D eigenvalue weighted by atomic mass is 32.2. The highest BCUT2D eigenvalue weighted by Crippen LogP contribution is 2.39. The molecule has 116 valence electrons. The molecule has 22 heavy (non-hydrogen) atoms. The number of thioether (sulfide) groups is 1. The van der Waals surface area contributed by atoms with Crippen LogP contribution in [0, 0.1) is 10.1 Å². The number of ether oxygens (including phenoxy) is 1. The number of alkyl halides is 3. The van der Waals surface area contributed by atoms with E-state index in [1.807, 2.05) is 0 Å². The number of nitrogens with zero attached hydrogens (tertiary/aromatic N) is 1. The molecule has 0 unspecified atom stereocenters. The van der Waals surface area contributed by atoms with E-state index in [2.05, 4.69) is 0 Å². The van der Waals surface area contributed by atoms with Crippen molar-refractivity contribution in [2.75, 3.05) is 6.26 Å². The minimum absolute atomic E-state index is 0.237. The summed E-state index contributed by atoms with van der Waals surface area (Å²) in [5.74, 6) is 0.109. The standard InChI is InChI=1S/C14H10F3NO3S/c1-22-13-5-3-2-4-12(13)21-11-7-6-9(14(15,16)17)8-10(11)18(19)20/h2-8H,1H3. The molecule has 0 spiro atoms. The zero-order valence-electron chi connectivity index (χ0n) is 11.3. The van der Waals surface area contributed by atoms with Crippen molar-refractivity contribution in [1.82, 2.24) is 0 Å². The van der Waals surface area contributed by atoms with Gasteiger partial charge in [-0.25, -0.2) is 0 Å². The first kappa shape index (κ1) is 16.2. The summed E-state index contributed by atoms with van der Waals surface area (Å²) < 4.78 is 43.4. The molecule has 2 aromatic carbocycles. The highest BCUT2D eigenvalue weighted by molar-refractivity contribution is 7.98. The number of hydrogen-bond donors (Lipinski definition) is 0. The summed E-state index contributed by atoms with van der Waals surface area (Å²) in [6, 6.07) is 8.95. The number of para-hydroxylation sites is 1. The smallest absolute Gasteiger partial charge is 0.416 e. The lowest BCUT2D eigenvalue weighted by molar-refractivity contribution is -0.385. The van der Waals surface area contributed by atoms with E-state index in [9.17, 15) is 23.3 Å². The summed E-state index contributed by atoms with van der Waals surface area (Å²) in [5.41, 5.74) is -1.82. The van der Waals surface area contributed by atoms with E-state index in [4.69, 9.17) is 4.74 Å². The van der Waals surface area contributed by atoms with Gasteiger partial charge >= 0.3 is 11.9 Å². The summed E-state index contributed by atoms with van der Waals surface area (Å²) in [7, 11) is 0. The number of nitro groups is 1. The molecule has 0 aromatic heterocycles. The SMILES string of the molecule is CSc1ccccc1Oc1ccc(C(F)(F)F)cc1[N+](=O)[O-]. The molecule has 0 saturated heterocycles. The average Bonchev–Trinajstić information content (AvgIpc) is 2.46. The number of rotatable bonds is 4. The van der Waals surface area contributed by atoms with E-state index in [-0.39, 0.29) is 5.75 Å². The van der Waals surface area contributed by atoms with Crippen LogP contribution in [0.5, 0.6) is 11.5 Å². The first-order chi connectivity index (χ1) is 10.3. The van der Waals surface area contributed by atoms with Gasteiger partial charge in [0.1, 0.15) is 5.75 Å². The summed E-state index contributed by atoms with van der Waals surface area (Å²) in [6.07, 6.45) is -2.86. The van der Waals surface area contributed by atoms with Gasteiger partial charge in [0.25, 0.3) is 0 Å². The van der Waals surface area contributed by atoms with Crippen LogP contribution in [0.25, 0.3) is 0 Å². The van der Waals surface area contributed by atoms with Gasteiger partial charge in [0.15, 0.2) is 0 Å². The van der Waals surface area contributed by atoms with Gasteiger partial charge in [-0.2, -0.15) is 13.2 Å². The molecule has 0 fully saturated rings. The first-order valence-electron chi connectivity index (χ1n) is 5.99. The Hall–Kier alpha value is -2.22. The van der Waals surface area contributed by atoms with Crippen LogP contribution in [-0.2, 0) is 6.18 Å². The Morgan fingerprint density at radius 1 is 1.14 bits per heavy atom. The van der Waals surface area contributed by atoms with E-state index >= 15 is 0 Å². The predicted octanol–water partition coefficient (Wildman–Crippen LogP) is 5.13. The van der Waals surface area contributed by atoms with E-state index in [0.717, 1.165) is 17.0 Å². The van der Waals surface area contributed by atoms with E-state index in [1.165, 1.54) is 11.8 Å². The molecular formula is C14H10F3NO3S. The van der Waals surface area contributed by atoms with Crippen LogP contribution in [0.2, 0.25) is 0 Å². The molecule has 2 aromatic rings. The molecule has 2 rings (SSSR count). The Kier molecular flexibility index (Phi) is 4.60. The van der Waals surface area contributed by atoms with Crippen molar-refractivity contribution >= 4 is 17.4 Å². The molecule has 0 amide bonds. The number of benzene rings is 2. The lowest BCUT2D eigenvalue weighted by Crippen LogP contribution is -2.06. The maximum atomic E-state index is 12.6. The van der Waals surface area contributed by atoms with Crippen molar-refractivity contribution < 1.29 is 22.8 Å². The molecule has 0 atom stereocenters. The molecule has 8 heteroatoms. The van der Waals surface area contributed by atoms with Gasteiger partial charge in [0, 0.05) is 11.0 Å². The van der Waals surface area contributed by atoms with Crippen LogP contribution in [0.4, 0.5) is 18.9 Å². The van der Waals surface area contributed by atoms with Crippen molar-refractivity contribution in [2.24, 2.45) is 0 Å². The van der Waals surface area contributed by atoms with Gasteiger partial charge in [-0.05, 0) is 30.5 Å². The quantitative estimate of drug-likeness (QED) is 0.443. The Balaban J connectivity index is 2.45. The van der Waals surface area contributed by atoms with Crippen molar-refractivity contribution in [3.63, 3.8) is 0 Å². The zero-order chi connectivity index (χ0) is 16.3. The largest absolute Gasteiger partial charge is 0.449 e. The molecule has 0 heterocycles. The molecule has 0 saturated carbocycles. The van der Waals surface area contributed by atoms with E-state index < -0.39 is 22.4 Å². The lowest BCUT2D eigenvalue weighted by Gasteiger charge is -2.11. The topological polar surface area (TPSA) is 52.4 Å². The number of nitro benzene ring substituents is 1. The van der Waals surface area contributed by atoms with Crippen LogP contribution >= 0.6 is 11.8 Å². The van der Waals surface area contributed by atoms with Crippen molar-refractivity contribution in [1.29, 1.82) is 0 Å². The molecule has 0 aliphatic heterocycles. The normalized spacial score (nSPS) is 11.3. The van der Waals surface area contributed by atoms with Crippen LogP contribution in [0.1, 0.15) is 5.56 Å². The maximum Gasteiger partial charge on any atom is 0.416 e. The van der Waals surface area contributed by atoms with E-state index in [0.29, 0.717) is 11.8 Å². The van der Waals surface area contributed by atoms with Crippen LogP contribution < -0.4 is 4.74 Å². The molecule has 0 radical (unpaired) electrons. The number of halogens is 3. The molecule has 4 nitrogen and oxygen atoms in total. The second-order valence-electron chi connectivity index (χ2n) is 4.19. The zero-order valence-corrected chi connectivity index (χ0v) is 12.1. The maximum absolute atomic E-state index is 12.6. The van der Waals surface area contributed by atoms with Crippen LogP contribution in [0.15, 0.2) is 47.4 Å². The van der Waals surface area contributed by atoms with Crippen molar-refractivity contribution in [3.8, 4) is 11.5 Å². The third kappa shape index (κ3) is 3.51. The monoisotopic (exact) mass is 329 g/mol. The molecule has 0 aliphatic rings. The summed E-state index contributed by atoms with van der Waals surface area (Å²) >= 11 is 1.36. The van der Waals surface area contributed by atoms with Gasteiger partial charge in [0.05, 0.1) is 10.5 Å². The molecule has 0 aliphatic carbocycles. The van der Waals surface area contributed by atoms with Crippen molar-refractivity contribution in [3.05, 3.63) is 58.1 Å². The fourth-order valence-electron chi connectivity index (χ4n) is 1.74. The number of hydrogen-bond acceptors (Lipinski definition) is 4. The van der Waals surface area contributed by atoms with Gasteiger partial charge in [-0.15, -0.1) is 11.8 Å². The van der Waals surface area contributed by atoms with Gasteiger partial charge < -0.3 is 4.74 Å². The molecular weight excluding hydrogens is 319 g/mol. The average molecular weight is 329 g/mol. The minimum atomic E-state index is -4.65. The first-order valence-corrected chi connectivity index (χ1v) is 7.22.